The smallest absolute Gasteiger partial charge is 0.207 e. The third-order valence-electron chi connectivity index (χ3n) is 2.56. The van der Waals surface area contributed by atoms with Gasteiger partial charge in [-0.3, -0.25) is 4.90 Å². The van der Waals surface area contributed by atoms with Gasteiger partial charge in [0, 0.05) is 39.3 Å². The van der Waals surface area contributed by atoms with Crippen molar-refractivity contribution in [2.24, 2.45) is 10.7 Å². The number of nitrogens with two attached hydrogens (primary N) is 1. The van der Waals surface area contributed by atoms with Gasteiger partial charge in [0.1, 0.15) is 5.84 Å². The summed E-state index contributed by atoms with van der Waals surface area (Å²) in [6, 6.07) is 0. The van der Waals surface area contributed by atoms with Crippen LogP contribution < -0.4 is 5.73 Å². The molecule has 5 heteroatoms. The van der Waals surface area contributed by atoms with Gasteiger partial charge in [0.25, 0.3) is 0 Å². The zero-order valence-corrected chi connectivity index (χ0v) is 9.53. The lowest BCUT2D eigenvalue weighted by Gasteiger charge is -2.35. The second-order valence-corrected chi connectivity index (χ2v) is 3.67. The number of piperazine rings is 1. The summed E-state index contributed by atoms with van der Waals surface area (Å²) in [4.78, 5) is 7.99. The van der Waals surface area contributed by atoms with Crippen LogP contribution in [0.1, 0.15) is 7.43 Å². The molecule has 0 unspecified atom stereocenters. The Morgan fingerprint density at radius 2 is 1.94 bits per heavy atom. The molecule has 1 heterocycles. The highest BCUT2D eigenvalue weighted by Gasteiger charge is 2.17. The monoisotopic (exact) mass is 242 g/mol. The molecule has 98 valence electrons. The largest absolute Gasteiger partial charge is 0.354 e. The maximum atomic E-state index is 12.6. The van der Waals surface area contributed by atoms with Crippen LogP contribution in [0.5, 0.6) is 0 Å². The molecule has 4 nitrogen and oxygen atoms in total. The van der Waals surface area contributed by atoms with Crippen molar-refractivity contribution in [3.05, 3.63) is 25.2 Å². The molecule has 0 spiro atoms. The summed E-state index contributed by atoms with van der Waals surface area (Å²) in [6.45, 7) is 11.8. The molecule has 0 bridgehead atoms. The molecule has 2 N–H and O–H groups in total. The molecule has 0 aromatic rings. The van der Waals surface area contributed by atoms with Gasteiger partial charge >= 0.3 is 0 Å². The molecular formula is C12H23FN4. The average Bonchev–Trinajstić information content (AvgIpc) is 2.27. The van der Waals surface area contributed by atoms with Crippen molar-refractivity contribution in [1.29, 1.82) is 0 Å². The van der Waals surface area contributed by atoms with E-state index < -0.39 is 5.95 Å². The lowest BCUT2D eigenvalue weighted by molar-refractivity contribution is 0.187. The summed E-state index contributed by atoms with van der Waals surface area (Å²) in [6.07, 6.45) is 1.56. The van der Waals surface area contributed by atoms with E-state index in [0.717, 1.165) is 32.7 Å². The Balaban J connectivity index is 0.00000256. The van der Waals surface area contributed by atoms with Gasteiger partial charge in [-0.1, -0.05) is 14.0 Å². The van der Waals surface area contributed by atoms with Crippen molar-refractivity contribution in [2.75, 3.05) is 39.3 Å². The van der Waals surface area contributed by atoms with E-state index in [1.165, 1.54) is 0 Å². The van der Waals surface area contributed by atoms with E-state index in [2.05, 4.69) is 23.1 Å². The molecule has 0 amide bonds. The summed E-state index contributed by atoms with van der Waals surface area (Å²) in [5.74, 6) is -0.126. The zero-order chi connectivity index (χ0) is 12.0. The highest BCUT2D eigenvalue weighted by atomic mass is 19.1. The Morgan fingerprint density at radius 1 is 1.35 bits per heavy atom. The maximum absolute atomic E-state index is 12.6. The van der Waals surface area contributed by atoms with Gasteiger partial charge in [0.05, 0.1) is 0 Å². The van der Waals surface area contributed by atoms with Gasteiger partial charge in [-0.05, 0) is 12.7 Å². The fourth-order valence-electron chi connectivity index (χ4n) is 1.75. The van der Waals surface area contributed by atoms with Crippen LogP contribution >= 0.6 is 0 Å². The Labute approximate surface area is 103 Å². The Morgan fingerprint density at radius 3 is 2.35 bits per heavy atom. The van der Waals surface area contributed by atoms with Crippen LogP contribution in [0.3, 0.4) is 0 Å². The van der Waals surface area contributed by atoms with Crippen LogP contribution in [0.25, 0.3) is 0 Å². The minimum absolute atomic E-state index is 0. The summed E-state index contributed by atoms with van der Waals surface area (Å²) < 4.78 is 12.6. The van der Waals surface area contributed by atoms with E-state index in [1.54, 1.807) is 6.08 Å². The lowest BCUT2D eigenvalue weighted by atomic mass is 10.3. The number of rotatable bonds is 4. The summed E-state index contributed by atoms with van der Waals surface area (Å²) in [7, 11) is 0. The predicted octanol–water partition coefficient (Wildman–Crippen LogP) is 1.22. The molecule has 17 heavy (non-hydrogen) atoms. The van der Waals surface area contributed by atoms with Gasteiger partial charge in [-0.2, -0.15) is 4.39 Å². The van der Waals surface area contributed by atoms with Crippen molar-refractivity contribution >= 4 is 5.84 Å². The molecule has 0 atom stereocenters. The Bertz CT molecular complexity index is 280. The summed E-state index contributed by atoms with van der Waals surface area (Å²) in [5, 5.41) is 0. The fourth-order valence-corrected chi connectivity index (χ4v) is 1.75. The molecule has 1 fully saturated rings. The molecule has 1 saturated heterocycles. The van der Waals surface area contributed by atoms with Crippen molar-refractivity contribution in [3.8, 4) is 0 Å². The third-order valence-corrected chi connectivity index (χ3v) is 2.56. The van der Waals surface area contributed by atoms with Gasteiger partial charge in [0.2, 0.25) is 5.95 Å². The lowest BCUT2D eigenvalue weighted by Crippen LogP contribution is -2.49. The van der Waals surface area contributed by atoms with Crippen LogP contribution in [-0.2, 0) is 0 Å². The van der Waals surface area contributed by atoms with E-state index in [0.29, 0.717) is 12.4 Å². The van der Waals surface area contributed by atoms with Crippen molar-refractivity contribution < 1.29 is 4.39 Å². The van der Waals surface area contributed by atoms with Gasteiger partial charge in [-0.25, -0.2) is 4.99 Å². The number of hydrogen-bond donors (Lipinski definition) is 1. The first-order valence-corrected chi connectivity index (χ1v) is 5.40. The fraction of sp³-hybridized carbons (Fsp3) is 0.583. The van der Waals surface area contributed by atoms with Crippen LogP contribution in [-0.4, -0.2) is 54.9 Å². The van der Waals surface area contributed by atoms with Gasteiger partial charge in [-0.15, -0.1) is 0 Å². The van der Waals surface area contributed by atoms with E-state index >= 15 is 0 Å². The minimum atomic E-state index is -0.681. The van der Waals surface area contributed by atoms with Crippen molar-refractivity contribution in [1.82, 2.24) is 9.80 Å². The number of aliphatic imine (C=N–C) groups is 1. The van der Waals surface area contributed by atoms with Crippen molar-refractivity contribution in [3.63, 3.8) is 0 Å². The number of hydrogen-bond acceptors (Lipinski definition) is 3. The average molecular weight is 242 g/mol. The van der Waals surface area contributed by atoms with Crippen molar-refractivity contribution in [2.45, 2.75) is 7.43 Å². The first-order chi connectivity index (χ1) is 7.67. The maximum Gasteiger partial charge on any atom is 0.207 e. The molecule has 0 aliphatic carbocycles. The molecule has 0 saturated carbocycles. The molecular weight excluding hydrogens is 219 g/mol. The molecule has 0 aromatic heterocycles. The molecule has 0 radical (unpaired) electrons. The quantitative estimate of drug-likeness (QED) is 0.458. The SMILES string of the molecule is C.C=C/C(=N\C(=C)F)N1CCN(CCN)CC1. The van der Waals surface area contributed by atoms with E-state index in [9.17, 15) is 4.39 Å². The van der Waals surface area contributed by atoms with Gasteiger partial charge < -0.3 is 10.6 Å². The zero-order valence-electron chi connectivity index (χ0n) is 9.53. The van der Waals surface area contributed by atoms with E-state index in [1.807, 2.05) is 4.90 Å². The minimum Gasteiger partial charge on any atom is -0.354 e. The molecule has 0 aromatic carbocycles. The van der Waals surface area contributed by atoms with Crippen LogP contribution in [0.2, 0.25) is 0 Å². The standard InChI is InChI=1S/C11H19FN4.CH4/c1-3-11(14-10(2)12)16-8-6-15(5-4-13)7-9-16;/h3H,1-2,4-9,13H2;1H4/b14-11+;. The normalized spacial score (nSPS) is 17.5. The second kappa shape index (κ2) is 7.97. The number of amidine groups is 1. The topological polar surface area (TPSA) is 44.9 Å². The molecule has 1 rings (SSSR count). The third kappa shape index (κ3) is 5.10. The summed E-state index contributed by atoms with van der Waals surface area (Å²) in [5.41, 5.74) is 5.49. The van der Waals surface area contributed by atoms with Gasteiger partial charge in [0.15, 0.2) is 0 Å². The second-order valence-electron chi connectivity index (χ2n) is 3.67. The van der Waals surface area contributed by atoms with E-state index in [-0.39, 0.29) is 7.43 Å². The molecule has 1 aliphatic rings. The number of halogens is 1. The number of nitrogens with zero attached hydrogens (tertiary/aromatic N) is 3. The predicted molar refractivity (Wildman–Crippen MR) is 71.7 cm³/mol. The summed E-state index contributed by atoms with van der Waals surface area (Å²) >= 11 is 0. The highest BCUT2D eigenvalue weighted by Crippen LogP contribution is 2.05. The van der Waals surface area contributed by atoms with E-state index in [4.69, 9.17) is 5.73 Å². The van der Waals surface area contributed by atoms with Crippen LogP contribution in [0.15, 0.2) is 30.2 Å². The first kappa shape index (κ1) is 15.8. The van der Waals surface area contributed by atoms with Crippen LogP contribution in [0.4, 0.5) is 4.39 Å². The van der Waals surface area contributed by atoms with Crippen LogP contribution in [0, 0.1) is 0 Å². The first-order valence-electron chi connectivity index (χ1n) is 5.40. The Kier molecular flexibility index (Phi) is 7.41. The highest BCUT2D eigenvalue weighted by molar-refractivity contribution is 5.93. The molecule has 1 aliphatic heterocycles. The Hall–Kier alpha value is -1.20.